The first-order valence-electron chi connectivity index (χ1n) is 14.5. The van der Waals surface area contributed by atoms with Crippen LogP contribution in [0, 0.1) is 3.57 Å². The summed E-state index contributed by atoms with van der Waals surface area (Å²) >= 11 is -0.237. The first kappa shape index (κ1) is 24.8. The van der Waals surface area contributed by atoms with E-state index in [1.54, 1.807) is 0 Å². The van der Waals surface area contributed by atoms with Crippen LogP contribution < -0.4 is 4.90 Å². The fourth-order valence-corrected chi connectivity index (χ4v) is 9.65. The minimum atomic E-state index is -0.237. The zero-order chi connectivity index (χ0) is 28.5. The third-order valence-electron chi connectivity index (χ3n) is 8.68. The van der Waals surface area contributed by atoms with Gasteiger partial charge in [0.25, 0.3) is 0 Å². The van der Waals surface area contributed by atoms with Gasteiger partial charge in [0.05, 0.1) is 9.32 Å². The number of halogens is 1. The van der Waals surface area contributed by atoms with Crippen LogP contribution in [0.4, 0.5) is 5.69 Å². The number of furan rings is 1. The molecular weight excluding hydrogens is 637 g/mol. The third kappa shape index (κ3) is 3.95. The van der Waals surface area contributed by atoms with Crippen molar-refractivity contribution in [2.24, 2.45) is 0 Å². The molecule has 0 N–H and O–H groups in total. The van der Waals surface area contributed by atoms with Crippen LogP contribution in [-0.4, -0.2) is 10.7 Å². The van der Waals surface area contributed by atoms with Crippen molar-refractivity contribution in [2.45, 2.75) is 0 Å². The van der Waals surface area contributed by atoms with Crippen LogP contribution in [0.1, 0.15) is 5.56 Å². The summed E-state index contributed by atoms with van der Waals surface area (Å²) in [5.41, 5.74) is 9.58. The Kier molecular flexibility index (Phi) is 5.57. The van der Waals surface area contributed by atoms with E-state index in [1.807, 2.05) is 6.07 Å². The van der Waals surface area contributed by atoms with Crippen molar-refractivity contribution in [2.75, 3.05) is 11.9 Å². The predicted molar refractivity (Wildman–Crippen MR) is 191 cm³/mol. The molecule has 204 valence electrons. The molecule has 0 amide bonds. The lowest BCUT2D eigenvalue weighted by Crippen LogP contribution is -2.22. The molecule has 1 aliphatic heterocycles. The van der Waals surface area contributed by atoms with E-state index in [1.165, 1.54) is 56.9 Å². The van der Waals surface area contributed by atoms with Crippen LogP contribution in [0.25, 0.3) is 65.7 Å². The Hall–Kier alpha value is -4.74. The number of nitrogens with zero attached hydrogens (tertiary/aromatic N) is 1. The van der Waals surface area contributed by atoms with Gasteiger partial charge >= 0.3 is 0 Å². The molecule has 0 saturated carbocycles. The number of para-hydroxylation sites is 1. The molecule has 43 heavy (non-hydrogen) atoms. The monoisotopic (exact) mass is 663 g/mol. The van der Waals surface area contributed by atoms with Crippen LogP contribution in [-0.2, 0) is 0 Å². The van der Waals surface area contributed by atoms with Gasteiger partial charge in [0.1, 0.15) is 11.2 Å². The van der Waals surface area contributed by atoms with Crippen LogP contribution >= 0.6 is 20.7 Å². The minimum Gasteiger partial charge on any atom is -0.455 e. The second-order valence-electron chi connectivity index (χ2n) is 11.2. The zero-order valence-corrected chi connectivity index (χ0v) is 25.7. The first-order chi connectivity index (χ1) is 21.2. The topological polar surface area (TPSA) is 16.4 Å². The smallest absolute Gasteiger partial charge is 0.143 e. The summed E-state index contributed by atoms with van der Waals surface area (Å²) < 4.78 is 9.29. The Morgan fingerprint density at radius 3 is 2.00 bits per heavy atom. The average molecular weight is 664 g/mol. The quantitative estimate of drug-likeness (QED) is 0.175. The van der Waals surface area contributed by atoms with E-state index in [9.17, 15) is 0 Å². The maximum absolute atomic E-state index is 6.34. The van der Waals surface area contributed by atoms with Gasteiger partial charge in [-0.3, -0.25) is 0 Å². The number of hydrogen-bond acceptors (Lipinski definition) is 2. The Labute approximate surface area is 259 Å². The molecule has 1 aromatic heterocycles. The van der Waals surface area contributed by atoms with Gasteiger partial charge in [-0.05, 0) is 74.8 Å². The van der Waals surface area contributed by atoms with Gasteiger partial charge in [0.15, 0.2) is 0 Å². The van der Waals surface area contributed by atoms with E-state index >= 15 is 0 Å². The normalized spacial score (nSPS) is 13.0. The fourth-order valence-electron chi connectivity index (χ4n) is 6.50. The zero-order valence-electron chi connectivity index (χ0n) is 23.5. The van der Waals surface area contributed by atoms with E-state index < -0.39 is 0 Å². The van der Waals surface area contributed by atoms with Crippen molar-refractivity contribution >= 4 is 73.5 Å². The van der Waals surface area contributed by atoms with E-state index in [0.29, 0.717) is 0 Å². The molecule has 1 aliphatic rings. The maximum Gasteiger partial charge on any atom is 0.143 e. The number of anilines is 1. The van der Waals surface area contributed by atoms with Gasteiger partial charge in [-0.25, -0.2) is 0 Å². The molecule has 9 rings (SSSR count). The van der Waals surface area contributed by atoms with E-state index in [0.717, 1.165) is 27.3 Å². The number of benzene rings is 7. The van der Waals surface area contributed by atoms with Crippen LogP contribution in [0.5, 0.6) is 0 Å². The van der Waals surface area contributed by atoms with Crippen molar-refractivity contribution in [3.05, 3.63) is 149 Å². The number of hydrogen-bond donors (Lipinski definition) is 0. The van der Waals surface area contributed by atoms with Gasteiger partial charge in [-0.2, -0.15) is 0 Å². The molecular formula is C40H26INO. The number of rotatable bonds is 3. The highest BCUT2D eigenvalue weighted by atomic mass is 127. The van der Waals surface area contributed by atoms with Crippen LogP contribution in [0.3, 0.4) is 0 Å². The Morgan fingerprint density at radius 1 is 0.512 bits per heavy atom. The number of fused-ring (bicyclic) bond motifs is 7. The molecule has 0 atom stereocenters. The summed E-state index contributed by atoms with van der Waals surface area (Å²) in [6.45, 7) is 0. The molecule has 0 saturated heterocycles. The lowest BCUT2D eigenvalue weighted by molar-refractivity contribution is 0.672. The molecule has 0 aliphatic carbocycles. The van der Waals surface area contributed by atoms with Gasteiger partial charge in [-0.1, -0.05) is 124 Å². The third-order valence-corrected chi connectivity index (χ3v) is 12.0. The van der Waals surface area contributed by atoms with Gasteiger partial charge in [-0.15, -0.1) is 0 Å². The Balaban J connectivity index is 1.13. The van der Waals surface area contributed by atoms with Gasteiger partial charge < -0.3 is 9.32 Å². The highest BCUT2D eigenvalue weighted by molar-refractivity contribution is 14.2. The average Bonchev–Trinajstić information content (AvgIpc) is 3.61. The molecule has 8 aromatic rings. The molecule has 3 heteroatoms. The Bertz CT molecular complexity index is 2420. The second kappa shape index (κ2) is 9.65. The summed E-state index contributed by atoms with van der Waals surface area (Å²) in [7, 11) is 2.21. The van der Waals surface area contributed by atoms with Crippen molar-refractivity contribution in [1.29, 1.82) is 0 Å². The summed E-state index contributed by atoms with van der Waals surface area (Å²) in [4.78, 5) is 2.39. The highest BCUT2D eigenvalue weighted by Gasteiger charge is 2.21. The highest BCUT2D eigenvalue weighted by Crippen LogP contribution is 2.41. The van der Waals surface area contributed by atoms with E-state index in [2.05, 4.69) is 145 Å². The molecule has 0 bridgehead atoms. The van der Waals surface area contributed by atoms with E-state index in [-0.39, 0.29) is 20.7 Å². The molecule has 0 unspecified atom stereocenters. The molecule has 7 aromatic carbocycles. The summed E-state index contributed by atoms with van der Waals surface area (Å²) in [6, 6.07) is 50.8. The Morgan fingerprint density at radius 2 is 1.16 bits per heavy atom. The lowest BCUT2D eigenvalue weighted by atomic mass is 9.93. The molecule has 0 spiro atoms. The van der Waals surface area contributed by atoms with Crippen molar-refractivity contribution in [3.63, 3.8) is 0 Å². The van der Waals surface area contributed by atoms with Crippen LogP contribution in [0.15, 0.2) is 144 Å². The standard InChI is InChI=1S/C40H26INO/c1-42-37-20-19-29(23-36(37)41-40(42)25-9-3-2-4-10-25)27-15-16-28-22-30(18-17-26(28)21-27)34-24-35-32-12-7-8-14-38(32)43-39(35)33-13-6-5-11-31(33)34/h2-24H,1H3. The van der Waals surface area contributed by atoms with E-state index in [4.69, 9.17) is 4.42 Å². The van der Waals surface area contributed by atoms with Crippen molar-refractivity contribution < 1.29 is 4.42 Å². The minimum absolute atomic E-state index is 0.237. The van der Waals surface area contributed by atoms with Crippen LogP contribution in [0.2, 0.25) is 0 Å². The summed E-state index contributed by atoms with van der Waals surface area (Å²) in [5, 5.41) is 7.19. The van der Waals surface area contributed by atoms with Crippen molar-refractivity contribution in [1.82, 2.24) is 0 Å². The second-order valence-corrected chi connectivity index (χ2v) is 13.9. The first-order valence-corrected chi connectivity index (χ1v) is 16.7. The molecule has 0 radical (unpaired) electrons. The molecule has 2 nitrogen and oxygen atoms in total. The summed E-state index contributed by atoms with van der Waals surface area (Å²) in [6.07, 6.45) is 0. The largest absolute Gasteiger partial charge is 0.455 e. The predicted octanol–water partition coefficient (Wildman–Crippen LogP) is 11.0. The fraction of sp³-hybridized carbons (Fsp3) is 0.0250. The lowest BCUT2D eigenvalue weighted by Gasteiger charge is -2.17. The van der Waals surface area contributed by atoms with Gasteiger partial charge in [0, 0.05) is 32.3 Å². The SMILES string of the molecule is CN1C(c2ccccc2)=Ic2cc(-c3ccc4cc(-c5cc6c7ccccc7oc6c6ccccc56)ccc4c3)ccc21. The van der Waals surface area contributed by atoms with Gasteiger partial charge in [0.2, 0.25) is 0 Å². The molecule has 2 heterocycles. The van der Waals surface area contributed by atoms with Crippen molar-refractivity contribution in [3.8, 4) is 22.3 Å². The molecule has 0 fully saturated rings. The maximum atomic E-state index is 6.34. The summed E-state index contributed by atoms with van der Waals surface area (Å²) in [5.74, 6) is 0.